The number of ether oxygens (including phenoxy) is 1. The van der Waals surface area contributed by atoms with E-state index in [0.29, 0.717) is 13.0 Å². The number of esters is 1. The third-order valence-electron chi connectivity index (χ3n) is 3.92. The number of ketones is 1. The zero-order valence-corrected chi connectivity index (χ0v) is 12.3. The van der Waals surface area contributed by atoms with Crippen LogP contribution in [0.3, 0.4) is 0 Å². The molecule has 0 spiro atoms. The molecule has 1 heterocycles. The van der Waals surface area contributed by atoms with Gasteiger partial charge in [0.2, 0.25) is 0 Å². The minimum absolute atomic E-state index is 0.0979. The lowest BCUT2D eigenvalue weighted by molar-refractivity contribution is -0.145. The van der Waals surface area contributed by atoms with Crippen LogP contribution in [0.2, 0.25) is 0 Å². The van der Waals surface area contributed by atoms with Crippen molar-refractivity contribution in [3.8, 4) is 0 Å². The molecule has 3 nitrogen and oxygen atoms in total. The topological polar surface area (TPSA) is 43.4 Å². The highest BCUT2D eigenvalue weighted by molar-refractivity contribution is 5.84. The van der Waals surface area contributed by atoms with Crippen molar-refractivity contribution in [2.24, 2.45) is 5.92 Å². The molecule has 0 N–H and O–H groups in total. The molecule has 1 atom stereocenters. The molecule has 0 aromatic carbocycles. The Kier molecular flexibility index (Phi) is 8.52. The summed E-state index contributed by atoms with van der Waals surface area (Å²) in [6, 6.07) is 0. The zero-order chi connectivity index (χ0) is 13.9. The molecular formula is C16H28O3. The summed E-state index contributed by atoms with van der Waals surface area (Å²) in [6.45, 7) is 2.50. The molecule has 1 rings (SSSR count). The van der Waals surface area contributed by atoms with Crippen LogP contribution >= 0.6 is 0 Å². The van der Waals surface area contributed by atoms with Gasteiger partial charge in [0.15, 0.2) is 0 Å². The van der Waals surface area contributed by atoms with Gasteiger partial charge < -0.3 is 4.74 Å². The summed E-state index contributed by atoms with van der Waals surface area (Å²) >= 11 is 0. The molecule has 0 radical (unpaired) electrons. The van der Waals surface area contributed by atoms with Crippen LogP contribution in [-0.4, -0.2) is 18.4 Å². The van der Waals surface area contributed by atoms with Gasteiger partial charge in [0.05, 0.1) is 13.0 Å². The standard InChI is InChI=1S/C16H28O3/c1-14-10-8-6-4-2-3-5-7-9-13-19-16(18)12-11-15(14)17/h14H,2-13H2,1H3. The summed E-state index contributed by atoms with van der Waals surface area (Å²) in [7, 11) is 0. The van der Waals surface area contributed by atoms with Gasteiger partial charge in [-0.2, -0.15) is 0 Å². The lowest BCUT2D eigenvalue weighted by atomic mass is 9.95. The Bertz CT molecular complexity index is 273. The van der Waals surface area contributed by atoms with Gasteiger partial charge in [-0.3, -0.25) is 9.59 Å². The van der Waals surface area contributed by atoms with Gasteiger partial charge in [-0.15, -0.1) is 0 Å². The van der Waals surface area contributed by atoms with Crippen molar-refractivity contribution in [2.75, 3.05) is 6.61 Å². The average molecular weight is 268 g/mol. The summed E-state index contributed by atoms with van der Waals surface area (Å²) < 4.78 is 5.14. The minimum Gasteiger partial charge on any atom is -0.466 e. The van der Waals surface area contributed by atoms with E-state index in [0.717, 1.165) is 25.7 Å². The Morgan fingerprint density at radius 1 is 0.842 bits per heavy atom. The fourth-order valence-corrected chi connectivity index (χ4v) is 2.50. The Hall–Kier alpha value is -0.860. The van der Waals surface area contributed by atoms with Crippen molar-refractivity contribution in [2.45, 2.75) is 77.6 Å². The van der Waals surface area contributed by atoms with Crippen LogP contribution < -0.4 is 0 Å². The maximum atomic E-state index is 11.8. The average Bonchev–Trinajstić information content (AvgIpc) is 2.40. The SMILES string of the molecule is CC1CCCCCCCCCCOC(=O)CCC1=O. The van der Waals surface area contributed by atoms with E-state index in [1.807, 2.05) is 6.92 Å². The second-order valence-electron chi connectivity index (χ2n) is 5.70. The van der Waals surface area contributed by atoms with Gasteiger partial charge in [-0.25, -0.2) is 0 Å². The fraction of sp³-hybridized carbons (Fsp3) is 0.875. The molecule has 0 saturated carbocycles. The monoisotopic (exact) mass is 268 g/mol. The van der Waals surface area contributed by atoms with E-state index in [2.05, 4.69) is 0 Å². The first-order valence-electron chi connectivity index (χ1n) is 7.88. The summed E-state index contributed by atoms with van der Waals surface area (Å²) in [5, 5.41) is 0. The van der Waals surface area contributed by atoms with Gasteiger partial charge in [0.1, 0.15) is 5.78 Å². The highest BCUT2D eigenvalue weighted by Crippen LogP contribution is 2.16. The molecular weight excluding hydrogens is 240 g/mol. The minimum atomic E-state index is -0.215. The molecule has 0 amide bonds. The summed E-state index contributed by atoms with van der Waals surface area (Å²) in [6.07, 6.45) is 11.1. The van der Waals surface area contributed by atoms with E-state index in [-0.39, 0.29) is 24.1 Å². The van der Waals surface area contributed by atoms with Crippen LogP contribution in [0.15, 0.2) is 0 Å². The molecule has 0 aromatic rings. The molecule has 110 valence electrons. The van der Waals surface area contributed by atoms with Crippen LogP contribution in [-0.2, 0) is 14.3 Å². The van der Waals surface area contributed by atoms with Gasteiger partial charge in [0.25, 0.3) is 0 Å². The Balaban J connectivity index is 2.33. The molecule has 0 aromatic heterocycles. The largest absolute Gasteiger partial charge is 0.466 e. The quantitative estimate of drug-likeness (QED) is 0.623. The van der Waals surface area contributed by atoms with Crippen molar-refractivity contribution < 1.29 is 14.3 Å². The van der Waals surface area contributed by atoms with Crippen LogP contribution in [0, 0.1) is 5.92 Å². The summed E-state index contributed by atoms with van der Waals surface area (Å²) in [4.78, 5) is 23.3. The van der Waals surface area contributed by atoms with Crippen molar-refractivity contribution in [3.05, 3.63) is 0 Å². The van der Waals surface area contributed by atoms with Crippen LogP contribution in [0.25, 0.3) is 0 Å². The number of hydrogen-bond donors (Lipinski definition) is 0. The van der Waals surface area contributed by atoms with Crippen molar-refractivity contribution in [1.82, 2.24) is 0 Å². The molecule has 3 heteroatoms. The number of hydrogen-bond acceptors (Lipinski definition) is 3. The Morgan fingerprint density at radius 2 is 1.42 bits per heavy atom. The molecule has 1 aliphatic heterocycles. The van der Waals surface area contributed by atoms with E-state index in [9.17, 15) is 9.59 Å². The molecule has 0 aliphatic carbocycles. The molecule has 19 heavy (non-hydrogen) atoms. The molecule has 1 aliphatic rings. The number of rotatable bonds is 0. The molecule has 1 saturated heterocycles. The van der Waals surface area contributed by atoms with E-state index in [1.165, 1.54) is 32.1 Å². The smallest absolute Gasteiger partial charge is 0.306 e. The number of carbonyl (C=O) groups excluding carboxylic acids is 2. The Morgan fingerprint density at radius 3 is 2.11 bits per heavy atom. The normalized spacial score (nSPS) is 25.8. The number of carbonyl (C=O) groups is 2. The second kappa shape index (κ2) is 9.99. The van der Waals surface area contributed by atoms with E-state index < -0.39 is 0 Å². The highest BCUT2D eigenvalue weighted by Gasteiger charge is 2.14. The van der Waals surface area contributed by atoms with Gasteiger partial charge in [-0.1, -0.05) is 51.9 Å². The lowest BCUT2D eigenvalue weighted by Gasteiger charge is -2.11. The van der Waals surface area contributed by atoms with Crippen molar-refractivity contribution in [3.63, 3.8) is 0 Å². The van der Waals surface area contributed by atoms with E-state index >= 15 is 0 Å². The Labute approximate surface area is 117 Å². The number of cyclic esters (lactones) is 1. The van der Waals surface area contributed by atoms with Gasteiger partial charge in [-0.05, 0) is 12.8 Å². The van der Waals surface area contributed by atoms with E-state index in [1.54, 1.807) is 0 Å². The lowest BCUT2D eigenvalue weighted by Crippen LogP contribution is -2.14. The van der Waals surface area contributed by atoms with Crippen LogP contribution in [0.5, 0.6) is 0 Å². The third-order valence-corrected chi connectivity index (χ3v) is 3.92. The maximum absolute atomic E-state index is 11.8. The molecule has 1 unspecified atom stereocenters. The first-order chi connectivity index (χ1) is 9.20. The van der Waals surface area contributed by atoms with Gasteiger partial charge in [0, 0.05) is 12.3 Å². The van der Waals surface area contributed by atoms with Crippen molar-refractivity contribution >= 4 is 11.8 Å². The van der Waals surface area contributed by atoms with Crippen LogP contribution in [0.4, 0.5) is 0 Å². The summed E-state index contributed by atoms with van der Waals surface area (Å²) in [5.74, 6) is 0.0948. The van der Waals surface area contributed by atoms with Gasteiger partial charge >= 0.3 is 5.97 Å². The predicted octanol–water partition coefficient (Wildman–Crippen LogP) is 4.04. The fourth-order valence-electron chi connectivity index (χ4n) is 2.50. The third kappa shape index (κ3) is 8.02. The second-order valence-corrected chi connectivity index (χ2v) is 5.70. The zero-order valence-electron chi connectivity index (χ0n) is 12.3. The summed E-state index contributed by atoms with van der Waals surface area (Å²) in [5.41, 5.74) is 0. The van der Waals surface area contributed by atoms with Crippen LogP contribution in [0.1, 0.15) is 77.6 Å². The predicted molar refractivity (Wildman–Crippen MR) is 75.9 cm³/mol. The first-order valence-corrected chi connectivity index (χ1v) is 7.88. The first kappa shape index (κ1) is 16.2. The number of Topliss-reactive ketones (excluding diaryl/α,β-unsaturated/α-hetero) is 1. The van der Waals surface area contributed by atoms with E-state index in [4.69, 9.17) is 4.74 Å². The highest BCUT2D eigenvalue weighted by atomic mass is 16.5. The maximum Gasteiger partial charge on any atom is 0.306 e. The molecule has 1 fully saturated rings. The molecule has 0 bridgehead atoms. The van der Waals surface area contributed by atoms with Crippen molar-refractivity contribution in [1.29, 1.82) is 0 Å².